The maximum atomic E-state index is 13.2. The van der Waals surface area contributed by atoms with Crippen molar-refractivity contribution >= 4 is 37.4 Å². The number of aromatic nitrogens is 2. The molecule has 0 N–H and O–H groups in total. The van der Waals surface area contributed by atoms with Gasteiger partial charge in [0.15, 0.2) is 0 Å². The van der Waals surface area contributed by atoms with E-state index >= 15 is 0 Å². The molecule has 6 nitrogen and oxygen atoms in total. The minimum absolute atomic E-state index is 0.386. The van der Waals surface area contributed by atoms with Gasteiger partial charge in [0.25, 0.3) is 0 Å². The maximum Gasteiger partial charge on any atom is 0.243 e. The Labute approximate surface area is 188 Å². The second-order valence-electron chi connectivity index (χ2n) is 8.42. The van der Waals surface area contributed by atoms with Crippen molar-refractivity contribution in [3.63, 3.8) is 0 Å². The van der Waals surface area contributed by atoms with Crippen LogP contribution in [0.3, 0.4) is 0 Å². The van der Waals surface area contributed by atoms with Gasteiger partial charge in [-0.1, -0.05) is 25.5 Å². The monoisotopic (exact) mass is 456 g/mol. The molecule has 0 bridgehead atoms. The van der Waals surface area contributed by atoms with E-state index in [1.54, 1.807) is 27.8 Å². The molecule has 3 heterocycles. The van der Waals surface area contributed by atoms with E-state index in [-0.39, 0.29) is 0 Å². The lowest BCUT2D eigenvalue weighted by Crippen LogP contribution is -2.49. The summed E-state index contributed by atoms with van der Waals surface area (Å²) in [6.45, 7) is 6.29. The number of piperazine rings is 1. The van der Waals surface area contributed by atoms with E-state index in [1.807, 2.05) is 19.1 Å². The Hall–Kier alpha value is -2.03. The first-order valence-corrected chi connectivity index (χ1v) is 13.4. The Morgan fingerprint density at radius 1 is 1.03 bits per heavy atom. The number of anilines is 1. The predicted octanol–water partition coefficient (Wildman–Crippen LogP) is 3.95. The Balaban J connectivity index is 1.37. The summed E-state index contributed by atoms with van der Waals surface area (Å²) in [7, 11) is -3.47. The quantitative estimate of drug-likeness (QED) is 0.582. The van der Waals surface area contributed by atoms with Crippen molar-refractivity contribution in [1.29, 1.82) is 0 Å². The molecule has 164 valence electrons. The molecule has 1 aromatic carbocycles. The van der Waals surface area contributed by atoms with Gasteiger partial charge >= 0.3 is 0 Å². The van der Waals surface area contributed by atoms with Crippen molar-refractivity contribution in [3.05, 3.63) is 46.1 Å². The van der Waals surface area contributed by atoms with Gasteiger partial charge in [0.1, 0.15) is 16.5 Å². The van der Waals surface area contributed by atoms with E-state index in [9.17, 15) is 8.42 Å². The van der Waals surface area contributed by atoms with Crippen LogP contribution in [-0.2, 0) is 29.3 Å². The number of nitrogens with zero attached hydrogens (tertiary/aromatic N) is 4. The van der Waals surface area contributed by atoms with Gasteiger partial charge in [0.05, 0.1) is 10.3 Å². The molecule has 5 rings (SSSR count). The number of benzene rings is 1. The van der Waals surface area contributed by atoms with Crippen LogP contribution < -0.4 is 4.90 Å². The lowest BCUT2D eigenvalue weighted by Gasteiger charge is -2.35. The third-order valence-electron chi connectivity index (χ3n) is 6.30. The Morgan fingerprint density at radius 3 is 2.48 bits per heavy atom. The molecular formula is C23H28N4O2S2. The summed E-state index contributed by atoms with van der Waals surface area (Å²) in [6, 6.07) is 7.37. The lowest BCUT2D eigenvalue weighted by atomic mass is 10.1. The lowest BCUT2D eigenvalue weighted by molar-refractivity contribution is 0.384. The van der Waals surface area contributed by atoms with Gasteiger partial charge in [-0.2, -0.15) is 4.31 Å². The van der Waals surface area contributed by atoms with Gasteiger partial charge in [-0.25, -0.2) is 18.4 Å². The van der Waals surface area contributed by atoms with Crippen molar-refractivity contribution in [2.24, 2.45) is 0 Å². The summed E-state index contributed by atoms with van der Waals surface area (Å²) in [5.74, 6) is 1.77. The maximum absolute atomic E-state index is 13.2. The summed E-state index contributed by atoms with van der Waals surface area (Å²) in [5.41, 5.74) is 2.59. The second kappa shape index (κ2) is 8.15. The first kappa shape index (κ1) is 20.8. The molecule has 0 amide bonds. The highest BCUT2D eigenvalue weighted by Crippen LogP contribution is 2.40. The summed E-state index contributed by atoms with van der Waals surface area (Å²) in [4.78, 5) is 14.6. The molecule has 0 radical (unpaired) electrons. The van der Waals surface area contributed by atoms with Crippen molar-refractivity contribution in [1.82, 2.24) is 14.3 Å². The number of thiophene rings is 1. The number of aryl methyl sites for hydroxylation is 4. The zero-order valence-electron chi connectivity index (χ0n) is 18.1. The fraction of sp³-hybridized carbons (Fsp3) is 0.478. The van der Waals surface area contributed by atoms with Crippen molar-refractivity contribution < 1.29 is 8.42 Å². The molecule has 0 saturated carbocycles. The molecule has 3 aromatic rings. The van der Waals surface area contributed by atoms with Crippen molar-refractivity contribution in [2.75, 3.05) is 31.1 Å². The zero-order valence-corrected chi connectivity index (χ0v) is 19.7. The summed E-state index contributed by atoms with van der Waals surface area (Å²) < 4.78 is 27.9. The highest BCUT2D eigenvalue weighted by Gasteiger charge is 2.31. The first-order valence-electron chi connectivity index (χ1n) is 11.1. The summed E-state index contributed by atoms with van der Waals surface area (Å²) in [5, 5.41) is 1.20. The zero-order chi connectivity index (χ0) is 21.6. The van der Waals surface area contributed by atoms with E-state index in [1.165, 1.54) is 27.8 Å². The van der Waals surface area contributed by atoms with E-state index in [0.29, 0.717) is 31.1 Å². The molecule has 1 aliphatic heterocycles. The number of rotatable bonds is 5. The van der Waals surface area contributed by atoms with Crippen LogP contribution in [-0.4, -0.2) is 48.9 Å². The highest BCUT2D eigenvalue weighted by atomic mass is 32.2. The van der Waals surface area contributed by atoms with Crippen LogP contribution in [0.1, 0.15) is 41.6 Å². The number of hydrogen-bond acceptors (Lipinski definition) is 6. The molecule has 0 unspecified atom stereocenters. The normalized spacial score (nSPS) is 17.4. The van der Waals surface area contributed by atoms with Crippen molar-refractivity contribution in [2.45, 2.75) is 50.8 Å². The van der Waals surface area contributed by atoms with Gasteiger partial charge in [-0.05, 0) is 55.9 Å². The SMILES string of the molecule is CCCc1ccc(S(=O)(=O)N2CCN(c3nc(C)nc4sc5c(c34)CCC5)CC2)cc1. The molecule has 31 heavy (non-hydrogen) atoms. The molecule has 0 atom stereocenters. The number of hydrogen-bond donors (Lipinski definition) is 0. The molecule has 2 aromatic heterocycles. The van der Waals surface area contributed by atoms with Crippen LogP contribution in [0, 0.1) is 6.92 Å². The first-order chi connectivity index (χ1) is 15.0. The van der Waals surface area contributed by atoms with Crippen molar-refractivity contribution in [3.8, 4) is 0 Å². The summed E-state index contributed by atoms with van der Waals surface area (Å²) in [6.07, 6.45) is 5.46. The highest BCUT2D eigenvalue weighted by molar-refractivity contribution is 7.89. The molecule has 1 aliphatic carbocycles. The van der Waals surface area contributed by atoms with Gasteiger partial charge in [0.2, 0.25) is 10.0 Å². The van der Waals surface area contributed by atoms with Crippen LogP contribution in [0.5, 0.6) is 0 Å². The number of sulfonamides is 1. The molecular weight excluding hydrogens is 428 g/mol. The minimum atomic E-state index is -3.47. The van der Waals surface area contributed by atoms with Crippen LogP contribution in [0.25, 0.3) is 10.2 Å². The van der Waals surface area contributed by atoms with Gasteiger partial charge in [-0.3, -0.25) is 0 Å². The average Bonchev–Trinajstić information content (AvgIpc) is 3.35. The average molecular weight is 457 g/mol. The van der Waals surface area contributed by atoms with E-state index in [0.717, 1.165) is 42.2 Å². The molecule has 1 fully saturated rings. The summed E-state index contributed by atoms with van der Waals surface area (Å²) >= 11 is 1.80. The van der Waals surface area contributed by atoms with Gasteiger partial charge in [-0.15, -0.1) is 11.3 Å². The third kappa shape index (κ3) is 3.75. The Morgan fingerprint density at radius 2 is 1.77 bits per heavy atom. The Bertz CT molecular complexity index is 1210. The van der Waals surface area contributed by atoms with Crippen LogP contribution in [0.2, 0.25) is 0 Å². The minimum Gasteiger partial charge on any atom is -0.353 e. The third-order valence-corrected chi connectivity index (χ3v) is 9.39. The van der Waals surface area contributed by atoms with Gasteiger partial charge < -0.3 is 4.90 Å². The number of fused-ring (bicyclic) bond motifs is 3. The van der Waals surface area contributed by atoms with Crippen LogP contribution >= 0.6 is 11.3 Å². The largest absolute Gasteiger partial charge is 0.353 e. The predicted molar refractivity (Wildman–Crippen MR) is 126 cm³/mol. The fourth-order valence-electron chi connectivity index (χ4n) is 4.72. The molecule has 0 spiro atoms. The van der Waals surface area contributed by atoms with E-state index in [4.69, 9.17) is 4.98 Å². The van der Waals surface area contributed by atoms with E-state index in [2.05, 4.69) is 16.8 Å². The topological polar surface area (TPSA) is 66.4 Å². The molecule has 2 aliphatic rings. The van der Waals surface area contributed by atoms with Crippen LogP contribution in [0.15, 0.2) is 29.2 Å². The Kier molecular flexibility index (Phi) is 5.48. The second-order valence-corrected chi connectivity index (χ2v) is 11.4. The fourth-order valence-corrected chi connectivity index (χ4v) is 7.44. The van der Waals surface area contributed by atoms with E-state index < -0.39 is 10.0 Å². The molecule has 8 heteroatoms. The smallest absolute Gasteiger partial charge is 0.243 e. The van der Waals surface area contributed by atoms with Crippen LogP contribution in [0.4, 0.5) is 5.82 Å². The van der Waals surface area contributed by atoms with Gasteiger partial charge in [0, 0.05) is 31.1 Å². The molecule has 1 saturated heterocycles. The standard InChI is InChI=1S/C23H28N4O2S2/c1-3-5-17-8-10-18(11-9-17)31(28,29)27-14-12-26(13-15-27)22-21-19-6-4-7-20(19)30-23(21)25-16(2)24-22/h8-11H,3-7,12-15H2,1-2H3.